The molecule has 0 saturated heterocycles. The van der Waals surface area contributed by atoms with E-state index in [1.165, 1.54) is 0 Å². The maximum atomic E-state index is 13.1. The fraction of sp³-hybridized carbons (Fsp3) is 0.250. The number of hydrogen-bond acceptors (Lipinski definition) is 3. The molecule has 30 heavy (non-hydrogen) atoms. The van der Waals surface area contributed by atoms with E-state index in [0.717, 1.165) is 20.8 Å². The van der Waals surface area contributed by atoms with Gasteiger partial charge in [-0.3, -0.25) is 9.59 Å². The second-order valence-corrected chi connectivity index (χ2v) is 7.73. The average Bonchev–Trinajstić information content (AvgIpc) is 2.79. The number of amides is 2. The lowest BCUT2D eigenvalue weighted by atomic mass is 10.1. The van der Waals surface area contributed by atoms with Crippen LogP contribution in [0.25, 0.3) is 10.8 Å². The van der Waals surface area contributed by atoms with Gasteiger partial charge < -0.3 is 15.0 Å². The van der Waals surface area contributed by atoms with Crippen LogP contribution >= 0.6 is 15.9 Å². The summed E-state index contributed by atoms with van der Waals surface area (Å²) in [5, 5.41) is 4.76. The zero-order valence-electron chi connectivity index (χ0n) is 17.1. The highest BCUT2D eigenvalue weighted by Gasteiger charge is 2.28. The molecular formula is C24H25BrN2O3. The van der Waals surface area contributed by atoms with Crippen LogP contribution in [-0.2, 0) is 16.1 Å². The number of nitrogens with zero attached hydrogens (tertiary/aromatic N) is 1. The van der Waals surface area contributed by atoms with Crippen LogP contribution < -0.4 is 10.1 Å². The summed E-state index contributed by atoms with van der Waals surface area (Å²) in [6.45, 7) is 2.08. The second-order valence-electron chi connectivity index (χ2n) is 6.93. The summed E-state index contributed by atoms with van der Waals surface area (Å²) < 4.78 is 6.67. The first-order valence-electron chi connectivity index (χ1n) is 9.90. The molecule has 156 valence electrons. The fourth-order valence-corrected chi connectivity index (χ4v) is 4.02. The normalized spacial score (nSPS) is 11.7. The maximum Gasteiger partial charge on any atom is 0.261 e. The zero-order chi connectivity index (χ0) is 21.5. The van der Waals surface area contributed by atoms with Crippen LogP contribution in [0.5, 0.6) is 5.75 Å². The molecule has 0 saturated carbocycles. The molecule has 0 heterocycles. The summed E-state index contributed by atoms with van der Waals surface area (Å²) >= 11 is 3.59. The Morgan fingerprint density at radius 2 is 1.73 bits per heavy atom. The highest BCUT2D eigenvalue weighted by molar-refractivity contribution is 9.10. The minimum Gasteiger partial charge on any atom is -0.483 e. The van der Waals surface area contributed by atoms with Crippen molar-refractivity contribution in [2.24, 2.45) is 0 Å². The molecule has 6 heteroatoms. The van der Waals surface area contributed by atoms with Crippen molar-refractivity contribution in [2.45, 2.75) is 25.9 Å². The topological polar surface area (TPSA) is 58.6 Å². The van der Waals surface area contributed by atoms with Crippen LogP contribution in [0.15, 0.2) is 71.2 Å². The molecule has 5 nitrogen and oxygen atoms in total. The Balaban J connectivity index is 1.80. The first-order chi connectivity index (χ1) is 14.5. The van der Waals surface area contributed by atoms with E-state index in [4.69, 9.17) is 4.74 Å². The molecule has 0 aliphatic rings. The number of fused-ring (bicyclic) bond motifs is 1. The Morgan fingerprint density at radius 1 is 1.03 bits per heavy atom. The molecule has 3 aromatic carbocycles. The summed E-state index contributed by atoms with van der Waals surface area (Å²) in [6.07, 6.45) is 0.512. The molecule has 1 N–H and O–H groups in total. The lowest BCUT2D eigenvalue weighted by Crippen LogP contribution is -2.49. The summed E-state index contributed by atoms with van der Waals surface area (Å²) in [5.41, 5.74) is 0.958. The number of likely N-dealkylation sites (N-methyl/N-ethyl adjacent to an activating group) is 1. The number of rotatable bonds is 8. The number of ether oxygens (including phenoxy) is 1. The molecule has 1 atom stereocenters. The smallest absolute Gasteiger partial charge is 0.261 e. The fourth-order valence-electron chi connectivity index (χ4n) is 3.41. The van der Waals surface area contributed by atoms with Crippen LogP contribution in [-0.4, -0.2) is 36.4 Å². The van der Waals surface area contributed by atoms with Gasteiger partial charge in [0, 0.05) is 13.6 Å². The third-order valence-electron chi connectivity index (χ3n) is 5.01. The summed E-state index contributed by atoms with van der Waals surface area (Å²) in [6, 6.07) is 20.8. The van der Waals surface area contributed by atoms with Crippen molar-refractivity contribution >= 4 is 38.5 Å². The van der Waals surface area contributed by atoms with Crippen molar-refractivity contribution in [1.29, 1.82) is 0 Å². The first kappa shape index (κ1) is 21.8. The minimum absolute atomic E-state index is 0.155. The largest absolute Gasteiger partial charge is 0.483 e. The van der Waals surface area contributed by atoms with Gasteiger partial charge in [0.15, 0.2) is 6.61 Å². The Morgan fingerprint density at radius 3 is 2.43 bits per heavy atom. The SMILES string of the molecule is CC[C@@H](C(=O)NC)N(Cc1ccccc1)C(=O)COc1ccc2ccccc2c1Br. The highest BCUT2D eigenvalue weighted by atomic mass is 79.9. The van der Waals surface area contributed by atoms with Crippen LogP contribution in [0, 0.1) is 0 Å². The average molecular weight is 469 g/mol. The van der Waals surface area contributed by atoms with Gasteiger partial charge in [-0.1, -0.05) is 67.6 Å². The molecule has 0 unspecified atom stereocenters. The molecule has 0 fully saturated rings. The van der Waals surface area contributed by atoms with Crippen LogP contribution in [0.2, 0.25) is 0 Å². The van der Waals surface area contributed by atoms with Gasteiger partial charge in [0.25, 0.3) is 5.91 Å². The summed E-state index contributed by atoms with van der Waals surface area (Å²) in [4.78, 5) is 27.1. The Kier molecular flexibility index (Phi) is 7.46. The first-order valence-corrected chi connectivity index (χ1v) is 10.7. The lowest BCUT2D eigenvalue weighted by Gasteiger charge is -2.30. The molecule has 0 bridgehead atoms. The zero-order valence-corrected chi connectivity index (χ0v) is 18.7. The van der Waals surface area contributed by atoms with Gasteiger partial charge in [-0.15, -0.1) is 0 Å². The predicted octanol–water partition coefficient (Wildman–Crippen LogP) is 4.53. The third-order valence-corrected chi connectivity index (χ3v) is 5.83. The second kappa shape index (κ2) is 10.3. The quantitative estimate of drug-likeness (QED) is 0.527. The molecule has 3 rings (SSSR count). The maximum absolute atomic E-state index is 13.1. The van der Waals surface area contributed by atoms with E-state index >= 15 is 0 Å². The van der Waals surface area contributed by atoms with Gasteiger partial charge in [-0.2, -0.15) is 0 Å². The molecular weight excluding hydrogens is 444 g/mol. The monoisotopic (exact) mass is 468 g/mol. The molecule has 0 aliphatic heterocycles. The molecule has 2 amide bonds. The van der Waals surface area contributed by atoms with Gasteiger partial charge in [-0.05, 0) is 44.8 Å². The van der Waals surface area contributed by atoms with Crippen molar-refractivity contribution in [3.8, 4) is 5.75 Å². The van der Waals surface area contributed by atoms with E-state index in [-0.39, 0.29) is 18.4 Å². The lowest BCUT2D eigenvalue weighted by molar-refractivity contribution is -0.142. The highest BCUT2D eigenvalue weighted by Crippen LogP contribution is 2.33. The summed E-state index contributed by atoms with van der Waals surface area (Å²) in [5.74, 6) is 0.165. The minimum atomic E-state index is -0.564. The molecule has 0 aliphatic carbocycles. The number of carbonyl (C=O) groups excluding carboxylic acids is 2. The van der Waals surface area contributed by atoms with Crippen LogP contribution in [0.4, 0.5) is 0 Å². The summed E-state index contributed by atoms with van der Waals surface area (Å²) in [7, 11) is 1.58. The van der Waals surface area contributed by atoms with Crippen molar-refractivity contribution in [3.63, 3.8) is 0 Å². The Bertz CT molecular complexity index is 1020. The van der Waals surface area contributed by atoms with E-state index < -0.39 is 6.04 Å². The molecule has 0 aromatic heterocycles. The number of hydrogen-bond donors (Lipinski definition) is 1. The van der Waals surface area contributed by atoms with E-state index in [1.807, 2.05) is 73.7 Å². The van der Waals surface area contributed by atoms with Gasteiger partial charge in [0.05, 0.1) is 4.47 Å². The number of carbonyl (C=O) groups is 2. The Hall–Kier alpha value is -2.86. The van der Waals surface area contributed by atoms with Gasteiger partial charge in [0.2, 0.25) is 5.91 Å². The van der Waals surface area contributed by atoms with Gasteiger partial charge >= 0.3 is 0 Å². The van der Waals surface area contributed by atoms with Crippen molar-refractivity contribution < 1.29 is 14.3 Å². The third kappa shape index (κ3) is 5.00. The van der Waals surface area contributed by atoms with Crippen molar-refractivity contribution in [1.82, 2.24) is 10.2 Å². The number of halogens is 1. The van der Waals surface area contributed by atoms with Crippen molar-refractivity contribution in [3.05, 3.63) is 76.8 Å². The number of nitrogens with one attached hydrogen (secondary N) is 1. The molecule has 0 radical (unpaired) electrons. The molecule has 3 aromatic rings. The van der Waals surface area contributed by atoms with Gasteiger partial charge in [-0.25, -0.2) is 0 Å². The van der Waals surface area contributed by atoms with Gasteiger partial charge in [0.1, 0.15) is 11.8 Å². The number of benzene rings is 3. The molecule has 0 spiro atoms. The van der Waals surface area contributed by atoms with E-state index in [1.54, 1.807) is 11.9 Å². The van der Waals surface area contributed by atoms with E-state index in [0.29, 0.717) is 18.7 Å². The Labute approximate surface area is 185 Å². The van der Waals surface area contributed by atoms with Crippen molar-refractivity contribution in [2.75, 3.05) is 13.7 Å². The standard InChI is InChI=1S/C24H25BrN2O3/c1-3-20(24(29)26-2)27(15-17-9-5-4-6-10-17)22(28)16-30-21-14-13-18-11-7-8-12-19(18)23(21)25/h4-14,20H,3,15-16H2,1-2H3,(H,26,29)/t20-/m0/s1. The van der Waals surface area contributed by atoms with Crippen LogP contribution in [0.3, 0.4) is 0 Å². The van der Waals surface area contributed by atoms with E-state index in [2.05, 4.69) is 21.2 Å². The predicted molar refractivity (Wildman–Crippen MR) is 122 cm³/mol. The van der Waals surface area contributed by atoms with E-state index in [9.17, 15) is 9.59 Å². The van der Waals surface area contributed by atoms with Crippen LogP contribution in [0.1, 0.15) is 18.9 Å².